The highest BCUT2D eigenvalue weighted by Crippen LogP contribution is 2.25. The van der Waals surface area contributed by atoms with E-state index in [2.05, 4.69) is 15.3 Å². The smallest absolute Gasteiger partial charge is 0.253 e. The number of aromatic nitrogens is 2. The molecule has 2 heterocycles. The van der Waals surface area contributed by atoms with Crippen molar-refractivity contribution in [2.75, 3.05) is 0 Å². The Morgan fingerprint density at radius 2 is 1.93 bits per heavy atom. The summed E-state index contributed by atoms with van der Waals surface area (Å²) in [6, 6.07) is 10.9. The van der Waals surface area contributed by atoms with Crippen LogP contribution in [0.15, 0.2) is 48.8 Å². The Bertz CT molecular complexity index is 971. The number of halogens is 1. The molecule has 5 nitrogen and oxygen atoms in total. The first kappa shape index (κ1) is 17.7. The van der Waals surface area contributed by atoms with E-state index in [9.17, 15) is 4.79 Å². The largest absolute Gasteiger partial charge is 0.474 e. The monoisotopic (exact) mass is 381 g/mol. The standard InChI is InChI=1S/C21H20ClN3O2/c22-16-11-14-5-3-9-23-19(14)18(12-16)20(26)25-13-15-6-4-10-24-21(15)27-17-7-1-2-8-17/h3-6,9-12,17H,1-2,7-8,13H2,(H,25,26). The zero-order chi connectivity index (χ0) is 18.6. The van der Waals surface area contributed by atoms with Gasteiger partial charge in [-0.05, 0) is 49.9 Å². The van der Waals surface area contributed by atoms with Crippen LogP contribution in [0.3, 0.4) is 0 Å². The van der Waals surface area contributed by atoms with Crippen LogP contribution < -0.4 is 10.1 Å². The third-order valence-electron chi connectivity index (χ3n) is 4.78. The molecule has 1 saturated carbocycles. The summed E-state index contributed by atoms with van der Waals surface area (Å²) in [6.45, 7) is 0.329. The molecule has 2 aromatic heterocycles. The molecular weight excluding hydrogens is 362 g/mol. The molecule has 1 aliphatic carbocycles. The Labute approximate surface area is 162 Å². The van der Waals surface area contributed by atoms with Crippen molar-refractivity contribution in [1.29, 1.82) is 0 Å². The first-order valence-corrected chi connectivity index (χ1v) is 9.51. The van der Waals surface area contributed by atoms with E-state index in [4.69, 9.17) is 16.3 Å². The minimum absolute atomic E-state index is 0.218. The van der Waals surface area contributed by atoms with Crippen LogP contribution in [0.25, 0.3) is 10.9 Å². The van der Waals surface area contributed by atoms with Gasteiger partial charge in [-0.2, -0.15) is 0 Å². The number of ether oxygens (including phenoxy) is 1. The fraction of sp³-hybridized carbons (Fsp3) is 0.286. The summed E-state index contributed by atoms with van der Waals surface area (Å²) in [4.78, 5) is 21.4. The first-order valence-electron chi connectivity index (χ1n) is 9.14. The zero-order valence-electron chi connectivity index (χ0n) is 14.8. The van der Waals surface area contributed by atoms with Crippen molar-refractivity contribution in [2.45, 2.75) is 38.3 Å². The summed E-state index contributed by atoms with van der Waals surface area (Å²) < 4.78 is 6.04. The molecule has 0 atom stereocenters. The lowest BCUT2D eigenvalue weighted by Gasteiger charge is -2.15. The molecule has 1 aliphatic rings. The van der Waals surface area contributed by atoms with Crippen molar-refractivity contribution in [3.8, 4) is 5.88 Å². The van der Waals surface area contributed by atoms with Crippen molar-refractivity contribution in [3.05, 3.63) is 64.9 Å². The van der Waals surface area contributed by atoms with E-state index in [0.717, 1.165) is 23.8 Å². The van der Waals surface area contributed by atoms with Crippen molar-refractivity contribution >= 4 is 28.4 Å². The number of benzene rings is 1. The SMILES string of the molecule is O=C(NCc1cccnc1OC1CCCC1)c1cc(Cl)cc2cccnc12. The van der Waals surface area contributed by atoms with Crippen LogP contribution in [-0.2, 0) is 6.54 Å². The van der Waals surface area contributed by atoms with Gasteiger partial charge < -0.3 is 10.1 Å². The van der Waals surface area contributed by atoms with E-state index in [1.54, 1.807) is 24.5 Å². The van der Waals surface area contributed by atoms with Gasteiger partial charge in [0, 0.05) is 34.9 Å². The Morgan fingerprint density at radius 1 is 1.15 bits per heavy atom. The summed E-state index contributed by atoms with van der Waals surface area (Å²) in [5.74, 6) is 0.371. The number of hydrogen-bond donors (Lipinski definition) is 1. The molecule has 27 heavy (non-hydrogen) atoms. The second kappa shape index (κ2) is 7.92. The number of nitrogens with one attached hydrogen (secondary N) is 1. The highest BCUT2D eigenvalue weighted by molar-refractivity contribution is 6.32. The van der Waals surface area contributed by atoms with Crippen LogP contribution in [0, 0.1) is 0 Å². The van der Waals surface area contributed by atoms with E-state index in [1.165, 1.54) is 12.8 Å². The normalized spacial score (nSPS) is 14.4. The number of pyridine rings is 2. The van der Waals surface area contributed by atoms with E-state index in [1.807, 2.05) is 24.3 Å². The van der Waals surface area contributed by atoms with Gasteiger partial charge in [0.25, 0.3) is 5.91 Å². The van der Waals surface area contributed by atoms with Crippen LogP contribution >= 0.6 is 11.6 Å². The number of carbonyl (C=O) groups excluding carboxylic acids is 1. The second-order valence-corrected chi connectivity index (χ2v) is 7.14. The topological polar surface area (TPSA) is 64.1 Å². The molecule has 0 unspecified atom stereocenters. The average molecular weight is 382 g/mol. The fourth-order valence-corrected chi connectivity index (χ4v) is 3.66. The maximum absolute atomic E-state index is 12.8. The van der Waals surface area contributed by atoms with E-state index in [-0.39, 0.29) is 12.0 Å². The minimum Gasteiger partial charge on any atom is -0.474 e. The Balaban J connectivity index is 1.52. The fourth-order valence-electron chi connectivity index (χ4n) is 3.43. The molecule has 1 aromatic carbocycles. The lowest BCUT2D eigenvalue weighted by molar-refractivity contribution is 0.0951. The van der Waals surface area contributed by atoms with Crippen LogP contribution in [0.5, 0.6) is 5.88 Å². The Hall–Kier alpha value is -2.66. The minimum atomic E-state index is -0.225. The number of rotatable bonds is 5. The maximum atomic E-state index is 12.8. The number of carbonyl (C=O) groups is 1. The van der Waals surface area contributed by atoms with E-state index in [0.29, 0.717) is 28.5 Å². The molecule has 0 bridgehead atoms. The molecule has 3 aromatic rings. The molecule has 4 rings (SSSR count). The van der Waals surface area contributed by atoms with Gasteiger partial charge in [-0.25, -0.2) is 4.98 Å². The van der Waals surface area contributed by atoms with Crippen LogP contribution in [0.4, 0.5) is 0 Å². The van der Waals surface area contributed by atoms with Gasteiger partial charge in [-0.15, -0.1) is 0 Å². The number of hydrogen-bond acceptors (Lipinski definition) is 4. The maximum Gasteiger partial charge on any atom is 0.253 e. The van der Waals surface area contributed by atoms with Crippen molar-refractivity contribution < 1.29 is 9.53 Å². The summed E-state index contributed by atoms with van der Waals surface area (Å²) >= 11 is 6.17. The van der Waals surface area contributed by atoms with E-state index < -0.39 is 0 Å². The Kier molecular flexibility index (Phi) is 5.21. The molecule has 0 saturated heterocycles. The highest BCUT2D eigenvalue weighted by atomic mass is 35.5. The summed E-state index contributed by atoms with van der Waals surface area (Å²) in [7, 11) is 0. The van der Waals surface area contributed by atoms with Gasteiger partial charge in [-0.1, -0.05) is 23.7 Å². The lowest BCUT2D eigenvalue weighted by Crippen LogP contribution is -2.24. The molecule has 138 valence electrons. The molecule has 0 aliphatic heterocycles. The zero-order valence-corrected chi connectivity index (χ0v) is 15.6. The van der Waals surface area contributed by atoms with Crippen molar-refractivity contribution in [3.63, 3.8) is 0 Å². The van der Waals surface area contributed by atoms with Gasteiger partial charge in [0.15, 0.2) is 0 Å². The molecule has 1 N–H and O–H groups in total. The van der Waals surface area contributed by atoms with E-state index >= 15 is 0 Å². The highest BCUT2D eigenvalue weighted by Gasteiger charge is 2.19. The number of fused-ring (bicyclic) bond motifs is 1. The Morgan fingerprint density at radius 3 is 2.78 bits per heavy atom. The summed E-state index contributed by atoms with van der Waals surface area (Å²) in [5.41, 5.74) is 1.95. The summed E-state index contributed by atoms with van der Waals surface area (Å²) in [6.07, 6.45) is 8.10. The number of amides is 1. The number of nitrogens with zero attached hydrogens (tertiary/aromatic N) is 2. The third kappa shape index (κ3) is 4.03. The second-order valence-electron chi connectivity index (χ2n) is 6.70. The van der Waals surface area contributed by atoms with Crippen LogP contribution in [0.2, 0.25) is 5.02 Å². The first-order chi connectivity index (χ1) is 13.2. The molecule has 6 heteroatoms. The average Bonchev–Trinajstić information content (AvgIpc) is 3.19. The molecular formula is C21H20ClN3O2. The third-order valence-corrected chi connectivity index (χ3v) is 5.00. The quantitative estimate of drug-likeness (QED) is 0.705. The molecule has 1 fully saturated rings. The van der Waals surface area contributed by atoms with Gasteiger partial charge >= 0.3 is 0 Å². The predicted molar refractivity (Wildman–Crippen MR) is 105 cm³/mol. The van der Waals surface area contributed by atoms with Gasteiger partial charge in [-0.3, -0.25) is 9.78 Å². The van der Waals surface area contributed by atoms with Gasteiger partial charge in [0.1, 0.15) is 6.10 Å². The predicted octanol–water partition coefficient (Wildman–Crippen LogP) is 4.53. The molecule has 0 radical (unpaired) electrons. The molecule has 0 spiro atoms. The van der Waals surface area contributed by atoms with Gasteiger partial charge in [0.05, 0.1) is 11.1 Å². The van der Waals surface area contributed by atoms with Crippen LogP contribution in [-0.4, -0.2) is 22.0 Å². The molecule has 1 amide bonds. The van der Waals surface area contributed by atoms with Crippen molar-refractivity contribution in [1.82, 2.24) is 15.3 Å². The van der Waals surface area contributed by atoms with Crippen molar-refractivity contribution in [2.24, 2.45) is 0 Å². The van der Waals surface area contributed by atoms with Gasteiger partial charge in [0.2, 0.25) is 5.88 Å². The van der Waals surface area contributed by atoms with Crippen LogP contribution in [0.1, 0.15) is 41.6 Å². The summed E-state index contributed by atoms with van der Waals surface area (Å²) in [5, 5.41) is 4.28. The lowest BCUT2D eigenvalue weighted by atomic mass is 10.1.